The lowest BCUT2D eigenvalue weighted by Crippen LogP contribution is -2.18. The topological polar surface area (TPSA) is 113 Å². The van der Waals surface area contributed by atoms with Gasteiger partial charge in [0.1, 0.15) is 11.8 Å². The summed E-state index contributed by atoms with van der Waals surface area (Å²) in [6.07, 6.45) is 4.83. The average molecular weight is 299 g/mol. The Morgan fingerprint density at radius 2 is 2.15 bits per heavy atom. The van der Waals surface area contributed by atoms with Crippen LogP contribution < -0.4 is 5.73 Å². The molecule has 1 atom stereocenters. The molecular formula is C11H17N5O3S. The highest BCUT2D eigenvalue weighted by Crippen LogP contribution is 2.16. The molecule has 0 fully saturated rings. The van der Waals surface area contributed by atoms with Gasteiger partial charge in [0.2, 0.25) is 0 Å². The van der Waals surface area contributed by atoms with Gasteiger partial charge in [-0.3, -0.25) is 4.18 Å². The second kappa shape index (κ2) is 5.71. The molecule has 20 heavy (non-hydrogen) atoms. The lowest BCUT2D eigenvalue weighted by atomic mass is 10.2. The van der Waals surface area contributed by atoms with E-state index in [1.165, 1.54) is 6.33 Å². The monoisotopic (exact) mass is 299 g/mol. The predicted octanol–water partition coefficient (Wildman–Crippen LogP) is 0.553. The summed E-state index contributed by atoms with van der Waals surface area (Å²) in [7, 11) is -3.45. The minimum atomic E-state index is -3.45. The summed E-state index contributed by atoms with van der Waals surface area (Å²) in [5, 5.41) is 0. The molecular weight excluding hydrogens is 282 g/mol. The zero-order valence-electron chi connectivity index (χ0n) is 11.4. The predicted molar refractivity (Wildman–Crippen MR) is 74.4 cm³/mol. The van der Waals surface area contributed by atoms with Crippen molar-refractivity contribution in [3.05, 3.63) is 12.7 Å². The molecule has 2 aromatic rings. The van der Waals surface area contributed by atoms with Crippen molar-refractivity contribution in [2.24, 2.45) is 0 Å². The number of rotatable bonds is 6. The van der Waals surface area contributed by atoms with Crippen LogP contribution in [0.15, 0.2) is 12.7 Å². The Morgan fingerprint density at radius 3 is 2.80 bits per heavy atom. The van der Waals surface area contributed by atoms with E-state index in [-0.39, 0.29) is 6.10 Å². The Morgan fingerprint density at radius 1 is 1.40 bits per heavy atom. The lowest BCUT2D eigenvalue weighted by molar-refractivity contribution is 0.190. The van der Waals surface area contributed by atoms with Crippen LogP contribution in [-0.2, 0) is 20.8 Å². The fourth-order valence-corrected chi connectivity index (χ4v) is 2.64. The molecule has 2 rings (SSSR count). The number of aryl methyl sites for hydroxylation is 1. The van der Waals surface area contributed by atoms with Crippen molar-refractivity contribution < 1.29 is 12.6 Å². The van der Waals surface area contributed by atoms with Crippen LogP contribution in [0.2, 0.25) is 0 Å². The standard InChI is InChI=1S/C11H17N5O3S/c1-3-8(19-20(2,17)18)4-5-16-7-15-9-10(12)13-6-14-11(9)16/h6-8H,3-5H2,1-2H3,(H2,12,13,14)/t8-/m0/s1. The molecule has 0 saturated carbocycles. The Balaban J connectivity index is 2.11. The molecule has 0 bridgehead atoms. The highest BCUT2D eigenvalue weighted by molar-refractivity contribution is 7.86. The van der Waals surface area contributed by atoms with Crippen LogP contribution in [0.4, 0.5) is 5.82 Å². The van der Waals surface area contributed by atoms with Crippen molar-refractivity contribution in [3.8, 4) is 0 Å². The normalized spacial score (nSPS) is 13.7. The molecule has 0 spiro atoms. The average Bonchev–Trinajstić information content (AvgIpc) is 2.78. The van der Waals surface area contributed by atoms with Crippen LogP contribution in [0.25, 0.3) is 11.2 Å². The van der Waals surface area contributed by atoms with Crippen LogP contribution in [0.3, 0.4) is 0 Å². The molecule has 0 aliphatic heterocycles. The summed E-state index contributed by atoms with van der Waals surface area (Å²) < 4.78 is 29.1. The van der Waals surface area contributed by atoms with Gasteiger partial charge < -0.3 is 10.3 Å². The molecule has 2 N–H and O–H groups in total. The Kier molecular flexibility index (Phi) is 4.19. The molecule has 9 heteroatoms. The largest absolute Gasteiger partial charge is 0.382 e. The molecule has 2 heterocycles. The van der Waals surface area contributed by atoms with Gasteiger partial charge in [0.25, 0.3) is 10.1 Å². The summed E-state index contributed by atoms with van der Waals surface area (Å²) in [6.45, 7) is 2.42. The number of imidazole rings is 1. The van der Waals surface area contributed by atoms with E-state index in [0.717, 1.165) is 6.26 Å². The maximum absolute atomic E-state index is 11.1. The maximum Gasteiger partial charge on any atom is 0.264 e. The zero-order chi connectivity index (χ0) is 14.8. The minimum Gasteiger partial charge on any atom is -0.382 e. The summed E-state index contributed by atoms with van der Waals surface area (Å²) in [4.78, 5) is 12.1. The quantitative estimate of drug-likeness (QED) is 0.775. The van der Waals surface area contributed by atoms with Crippen molar-refractivity contribution >= 4 is 27.1 Å². The van der Waals surface area contributed by atoms with E-state index < -0.39 is 10.1 Å². The SMILES string of the molecule is CC[C@@H](CCn1cnc2c(N)ncnc21)OS(C)(=O)=O. The Hall–Kier alpha value is -1.74. The lowest BCUT2D eigenvalue weighted by Gasteiger charge is -2.14. The molecule has 0 amide bonds. The summed E-state index contributed by atoms with van der Waals surface area (Å²) >= 11 is 0. The van der Waals surface area contributed by atoms with E-state index in [9.17, 15) is 8.42 Å². The Labute approximate surface area is 117 Å². The third kappa shape index (κ3) is 3.42. The van der Waals surface area contributed by atoms with E-state index in [4.69, 9.17) is 9.92 Å². The van der Waals surface area contributed by atoms with Gasteiger partial charge >= 0.3 is 0 Å². The van der Waals surface area contributed by atoms with Gasteiger partial charge in [-0.1, -0.05) is 6.92 Å². The van der Waals surface area contributed by atoms with Crippen LogP contribution in [-0.4, -0.2) is 40.3 Å². The van der Waals surface area contributed by atoms with Crippen molar-refractivity contribution in [2.75, 3.05) is 12.0 Å². The van der Waals surface area contributed by atoms with Crippen LogP contribution in [0.1, 0.15) is 19.8 Å². The fourth-order valence-electron chi connectivity index (χ4n) is 1.91. The molecule has 2 aromatic heterocycles. The second-order valence-corrected chi connectivity index (χ2v) is 6.09. The molecule has 0 radical (unpaired) electrons. The van der Waals surface area contributed by atoms with Gasteiger partial charge in [-0.2, -0.15) is 8.42 Å². The molecule has 0 saturated heterocycles. The van der Waals surface area contributed by atoms with E-state index in [1.807, 2.05) is 11.5 Å². The number of hydrogen-bond acceptors (Lipinski definition) is 7. The molecule has 0 unspecified atom stereocenters. The molecule has 0 aliphatic rings. The number of nitrogens with two attached hydrogens (primary N) is 1. The first-order valence-electron chi connectivity index (χ1n) is 6.20. The summed E-state index contributed by atoms with van der Waals surface area (Å²) in [5.41, 5.74) is 6.88. The van der Waals surface area contributed by atoms with Crippen molar-refractivity contribution in [1.29, 1.82) is 0 Å². The van der Waals surface area contributed by atoms with E-state index in [1.54, 1.807) is 6.33 Å². The third-order valence-corrected chi connectivity index (χ3v) is 3.51. The first-order valence-corrected chi connectivity index (χ1v) is 8.02. The zero-order valence-corrected chi connectivity index (χ0v) is 12.2. The number of nitrogens with zero attached hydrogens (tertiary/aromatic N) is 4. The van der Waals surface area contributed by atoms with E-state index >= 15 is 0 Å². The first-order chi connectivity index (χ1) is 9.40. The van der Waals surface area contributed by atoms with Crippen LogP contribution in [0.5, 0.6) is 0 Å². The Bertz CT molecular complexity index is 697. The smallest absolute Gasteiger partial charge is 0.264 e. The van der Waals surface area contributed by atoms with Gasteiger partial charge in [0.05, 0.1) is 18.7 Å². The van der Waals surface area contributed by atoms with Crippen molar-refractivity contribution in [1.82, 2.24) is 19.5 Å². The number of anilines is 1. The third-order valence-electron chi connectivity index (χ3n) is 2.89. The first kappa shape index (κ1) is 14.7. The van der Waals surface area contributed by atoms with Gasteiger partial charge in [0, 0.05) is 6.54 Å². The molecule has 0 aliphatic carbocycles. The summed E-state index contributed by atoms with van der Waals surface area (Å²) in [5.74, 6) is 0.327. The second-order valence-electron chi connectivity index (χ2n) is 4.49. The molecule has 0 aromatic carbocycles. The van der Waals surface area contributed by atoms with Crippen molar-refractivity contribution in [3.63, 3.8) is 0 Å². The number of nitrogen functional groups attached to an aromatic ring is 1. The molecule has 8 nitrogen and oxygen atoms in total. The summed E-state index contributed by atoms with van der Waals surface area (Å²) in [6, 6.07) is 0. The fraction of sp³-hybridized carbons (Fsp3) is 0.545. The maximum atomic E-state index is 11.1. The van der Waals surface area contributed by atoms with Crippen LogP contribution in [0, 0.1) is 0 Å². The van der Waals surface area contributed by atoms with Gasteiger partial charge in [-0.15, -0.1) is 0 Å². The highest BCUT2D eigenvalue weighted by Gasteiger charge is 2.15. The number of aromatic nitrogens is 4. The van der Waals surface area contributed by atoms with Crippen molar-refractivity contribution in [2.45, 2.75) is 32.4 Å². The highest BCUT2D eigenvalue weighted by atomic mass is 32.2. The minimum absolute atomic E-state index is 0.327. The number of fused-ring (bicyclic) bond motifs is 1. The van der Waals surface area contributed by atoms with Gasteiger partial charge in [-0.05, 0) is 12.8 Å². The van der Waals surface area contributed by atoms with E-state index in [0.29, 0.717) is 36.4 Å². The van der Waals surface area contributed by atoms with Gasteiger partial charge in [-0.25, -0.2) is 15.0 Å². The van der Waals surface area contributed by atoms with E-state index in [2.05, 4.69) is 15.0 Å². The van der Waals surface area contributed by atoms with Crippen LogP contribution >= 0.6 is 0 Å². The number of hydrogen-bond donors (Lipinski definition) is 1. The van der Waals surface area contributed by atoms with Gasteiger partial charge in [0.15, 0.2) is 11.5 Å². The molecule has 110 valence electrons.